The van der Waals surface area contributed by atoms with Crippen LogP contribution < -0.4 is 5.73 Å². The zero-order valence-corrected chi connectivity index (χ0v) is 14.8. The first kappa shape index (κ1) is 19.7. The first-order valence-electron chi connectivity index (χ1n) is 7.43. The Morgan fingerprint density at radius 2 is 1.61 bits per heavy atom. The van der Waals surface area contributed by atoms with Gasteiger partial charge in [0.15, 0.2) is 6.29 Å². The quantitative estimate of drug-likeness (QED) is 0.196. The number of alkyl halides is 1. The Balaban J connectivity index is 2.11. The van der Waals surface area contributed by atoms with Crippen molar-refractivity contribution in [2.45, 2.75) is 65.9 Å². The average molecular weight is 449 g/mol. The van der Waals surface area contributed by atoms with Crippen molar-refractivity contribution < 1.29 is 39.7 Å². The molecule has 7 N–H and O–H groups in total. The molecule has 10 unspecified atom stereocenters. The second-order valence-corrected chi connectivity index (χ2v) is 7.32. The maximum absolute atomic E-state index is 10.2. The van der Waals surface area contributed by atoms with Gasteiger partial charge in [-0.2, -0.15) is 0 Å². The molecule has 0 amide bonds. The minimum atomic E-state index is -1.36. The van der Waals surface area contributed by atoms with Crippen LogP contribution in [-0.2, 0) is 14.2 Å². The molecule has 2 heterocycles. The van der Waals surface area contributed by atoms with Crippen molar-refractivity contribution in [1.29, 1.82) is 0 Å². The first-order valence-corrected chi connectivity index (χ1v) is 8.68. The molecule has 10 heteroatoms. The highest BCUT2D eigenvalue weighted by molar-refractivity contribution is 14.1. The smallest absolute Gasteiger partial charge is 0.187 e. The van der Waals surface area contributed by atoms with Gasteiger partial charge < -0.3 is 45.5 Å². The molecule has 136 valence electrons. The van der Waals surface area contributed by atoms with Gasteiger partial charge in [-0.1, -0.05) is 22.6 Å². The van der Waals surface area contributed by atoms with Crippen molar-refractivity contribution in [2.75, 3.05) is 13.2 Å². The summed E-state index contributed by atoms with van der Waals surface area (Å²) in [6.45, 7) is 0.916. The monoisotopic (exact) mass is 449 g/mol. The lowest BCUT2D eigenvalue weighted by Crippen LogP contribution is -2.65. The van der Waals surface area contributed by atoms with E-state index in [0.29, 0.717) is 0 Å². The fourth-order valence-corrected chi connectivity index (χ4v) is 3.61. The number of aliphatic hydroxyl groups excluding tert-OH is 5. The predicted octanol–water partition coefficient (Wildman–Crippen LogP) is -2.92. The molecular weight excluding hydrogens is 425 g/mol. The summed E-state index contributed by atoms with van der Waals surface area (Å²) in [6.07, 6.45) is -8.04. The minimum Gasteiger partial charge on any atom is -0.394 e. The number of hydrogen-bond donors (Lipinski definition) is 6. The zero-order chi connectivity index (χ0) is 17.3. The van der Waals surface area contributed by atoms with Crippen LogP contribution in [0.25, 0.3) is 0 Å². The van der Waals surface area contributed by atoms with Crippen LogP contribution in [0.1, 0.15) is 6.92 Å². The molecule has 10 atom stereocenters. The Bertz CT molecular complexity index is 389. The van der Waals surface area contributed by atoms with E-state index >= 15 is 0 Å². The number of rotatable bonds is 4. The summed E-state index contributed by atoms with van der Waals surface area (Å²) in [6, 6.07) is -0.717. The summed E-state index contributed by atoms with van der Waals surface area (Å²) in [5, 5.41) is 49.0. The molecule has 0 aromatic heterocycles. The molecule has 0 aromatic rings. The summed E-state index contributed by atoms with van der Waals surface area (Å²) in [7, 11) is 0. The van der Waals surface area contributed by atoms with E-state index in [2.05, 4.69) is 0 Å². The van der Waals surface area contributed by atoms with E-state index in [1.807, 2.05) is 22.6 Å². The number of aliphatic hydroxyl groups is 5. The van der Waals surface area contributed by atoms with Crippen molar-refractivity contribution in [3.8, 4) is 0 Å². The number of halogens is 1. The molecular formula is C13H24INO8. The average Bonchev–Trinajstić information content (AvgIpc) is 2.54. The minimum absolute atomic E-state index is 0.352. The number of nitrogens with two attached hydrogens (primary N) is 1. The standard InChI is InChI=1S/C13H24INO8/c1-4-8(15)12(9(18)6(3-17)21-4)23-13-11(20)10(19)7(14)5(2-16)22-13/h4-13,16-20H,2-3,15H2,1H3. The second kappa shape index (κ2) is 8.17. The third kappa shape index (κ3) is 3.97. The summed E-state index contributed by atoms with van der Waals surface area (Å²) >= 11 is 1.88. The molecule has 0 aromatic carbocycles. The largest absolute Gasteiger partial charge is 0.394 e. The molecule has 0 saturated carbocycles. The molecule has 23 heavy (non-hydrogen) atoms. The second-order valence-electron chi connectivity index (χ2n) is 5.88. The highest BCUT2D eigenvalue weighted by atomic mass is 127. The van der Waals surface area contributed by atoms with Gasteiger partial charge in [0.25, 0.3) is 0 Å². The maximum atomic E-state index is 10.2. The van der Waals surface area contributed by atoms with Gasteiger partial charge in [0.2, 0.25) is 0 Å². The van der Waals surface area contributed by atoms with Crippen molar-refractivity contribution in [3.05, 3.63) is 0 Å². The summed E-state index contributed by atoms with van der Waals surface area (Å²) < 4.78 is 16.0. The third-order valence-electron chi connectivity index (χ3n) is 4.30. The SMILES string of the molecule is CC1OC(CO)C(O)C(OC2OC(CO)C(I)C(O)C2O)C1N. The molecule has 2 fully saturated rings. The fourth-order valence-electron chi connectivity index (χ4n) is 2.78. The fraction of sp³-hybridized carbons (Fsp3) is 1.00. The Morgan fingerprint density at radius 1 is 1.00 bits per heavy atom. The Kier molecular flexibility index (Phi) is 6.99. The lowest BCUT2D eigenvalue weighted by Gasteiger charge is -2.46. The molecule has 2 rings (SSSR count). The van der Waals surface area contributed by atoms with Gasteiger partial charge in [-0.05, 0) is 6.92 Å². The van der Waals surface area contributed by atoms with Crippen LogP contribution in [-0.4, -0.2) is 97.7 Å². The molecule has 0 radical (unpaired) electrons. The van der Waals surface area contributed by atoms with E-state index in [-0.39, 0.29) is 6.61 Å². The summed E-state index contributed by atoms with van der Waals surface area (Å²) in [4.78, 5) is 0. The van der Waals surface area contributed by atoms with E-state index in [1.54, 1.807) is 6.92 Å². The molecule has 2 aliphatic heterocycles. The van der Waals surface area contributed by atoms with E-state index in [9.17, 15) is 25.5 Å². The van der Waals surface area contributed by atoms with Gasteiger partial charge in [-0.15, -0.1) is 0 Å². The molecule has 2 saturated heterocycles. The summed E-state index contributed by atoms with van der Waals surface area (Å²) in [5.41, 5.74) is 5.98. The van der Waals surface area contributed by atoms with Crippen LogP contribution in [0.5, 0.6) is 0 Å². The topological polar surface area (TPSA) is 155 Å². The highest BCUT2D eigenvalue weighted by Gasteiger charge is 2.48. The summed E-state index contributed by atoms with van der Waals surface area (Å²) in [5.74, 6) is 0. The Morgan fingerprint density at radius 3 is 2.17 bits per heavy atom. The Hall–Kier alpha value is 0.370. The normalized spacial score (nSPS) is 51.7. The lowest BCUT2D eigenvalue weighted by molar-refractivity contribution is -0.308. The van der Waals surface area contributed by atoms with Crippen molar-refractivity contribution in [3.63, 3.8) is 0 Å². The van der Waals surface area contributed by atoms with E-state index in [4.69, 9.17) is 19.9 Å². The zero-order valence-electron chi connectivity index (χ0n) is 12.6. The number of hydrogen-bond acceptors (Lipinski definition) is 9. The van der Waals surface area contributed by atoms with Crippen molar-refractivity contribution >= 4 is 22.6 Å². The van der Waals surface area contributed by atoms with Crippen LogP contribution in [0.3, 0.4) is 0 Å². The first-order chi connectivity index (χ1) is 10.8. The number of ether oxygens (including phenoxy) is 3. The van der Waals surface area contributed by atoms with E-state index < -0.39 is 65.6 Å². The van der Waals surface area contributed by atoms with Crippen LogP contribution >= 0.6 is 22.6 Å². The van der Waals surface area contributed by atoms with E-state index in [0.717, 1.165) is 0 Å². The maximum Gasteiger partial charge on any atom is 0.187 e. The van der Waals surface area contributed by atoms with Gasteiger partial charge in [0, 0.05) is 0 Å². The lowest BCUT2D eigenvalue weighted by atomic mass is 9.93. The van der Waals surface area contributed by atoms with Crippen LogP contribution in [0.15, 0.2) is 0 Å². The van der Waals surface area contributed by atoms with Crippen LogP contribution in [0.2, 0.25) is 0 Å². The Labute approximate surface area is 147 Å². The van der Waals surface area contributed by atoms with Crippen molar-refractivity contribution in [1.82, 2.24) is 0 Å². The molecule has 0 bridgehead atoms. The van der Waals surface area contributed by atoms with Crippen LogP contribution in [0.4, 0.5) is 0 Å². The molecule has 9 nitrogen and oxygen atoms in total. The van der Waals surface area contributed by atoms with E-state index in [1.165, 1.54) is 0 Å². The molecule has 0 aliphatic carbocycles. The van der Waals surface area contributed by atoms with Gasteiger partial charge in [0.1, 0.15) is 24.4 Å². The molecule has 0 spiro atoms. The van der Waals surface area contributed by atoms with Gasteiger partial charge in [0.05, 0.1) is 41.5 Å². The van der Waals surface area contributed by atoms with Crippen LogP contribution in [0, 0.1) is 0 Å². The highest BCUT2D eigenvalue weighted by Crippen LogP contribution is 2.30. The van der Waals surface area contributed by atoms with Gasteiger partial charge >= 0.3 is 0 Å². The molecule has 2 aliphatic rings. The third-order valence-corrected chi connectivity index (χ3v) is 5.84. The predicted molar refractivity (Wildman–Crippen MR) is 85.8 cm³/mol. The van der Waals surface area contributed by atoms with Gasteiger partial charge in [-0.25, -0.2) is 0 Å². The van der Waals surface area contributed by atoms with Gasteiger partial charge in [-0.3, -0.25) is 0 Å². The van der Waals surface area contributed by atoms with Crippen molar-refractivity contribution in [2.24, 2.45) is 5.73 Å².